The lowest BCUT2D eigenvalue weighted by atomic mass is 9.93. The highest BCUT2D eigenvalue weighted by Gasteiger charge is 2.20. The number of rotatable bonds is 5. The third kappa shape index (κ3) is 3.97. The molecule has 6 rings (SSSR count). The number of nitrogens with zero attached hydrogens (tertiary/aromatic N) is 3. The summed E-state index contributed by atoms with van der Waals surface area (Å²) in [4.78, 5) is 12.0. The Labute approximate surface area is 202 Å². The number of hydrogen-bond donors (Lipinski definition) is 1. The molecule has 1 aliphatic heterocycles. The molecule has 0 spiro atoms. The number of nitrogens with one attached hydrogen (secondary N) is 1. The van der Waals surface area contributed by atoms with Crippen molar-refractivity contribution in [2.45, 2.75) is 46.1 Å². The minimum Gasteiger partial charge on any atom is -0.338 e. The van der Waals surface area contributed by atoms with Crippen molar-refractivity contribution < 1.29 is 0 Å². The van der Waals surface area contributed by atoms with Crippen LogP contribution in [0.1, 0.15) is 42.0 Å². The Hall–Kier alpha value is -3.24. The number of anilines is 2. The topological polar surface area (TPSA) is 41.1 Å². The second-order valence-corrected chi connectivity index (χ2v) is 10.1. The van der Waals surface area contributed by atoms with Gasteiger partial charge in [-0.1, -0.05) is 37.3 Å². The van der Waals surface area contributed by atoms with Gasteiger partial charge in [-0.2, -0.15) is 0 Å². The summed E-state index contributed by atoms with van der Waals surface area (Å²) in [6.45, 7) is 7.88. The summed E-state index contributed by atoms with van der Waals surface area (Å²) in [5.74, 6) is 1.61. The van der Waals surface area contributed by atoms with Gasteiger partial charge >= 0.3 is 0 Å². The molecule has 0 saturated carbocycles. The molecule has 4 heteroatoms. The van der Waals surface area contributed by atoms with E-state index in [4.69, 9.17) is 4.98 Å². The average molecular weight is 449 g/mol. The predicted octanol–water partition coefficient (Wildman–Crippen LogP) is 6.68. The van der Waals surface area contributed by atoms with E-state index >= 15 is 0 Å². The van der Waals surface area contributed by atoms with Crippen molar-refractivity contribution in [3.8, 4) is 11.1 Å². The van der Waals surface area contributed by atoms with Gasteiger partial charge in [-0.15, -0.1) is 0 Å². The molecule has 1 N–H and O–H groups in total. The normalized spacial score (nSPS) is 17.9. The van der Waals surface area contributed by atoms with Gasteiger partial charge in [0.2, 0.25) is 0 Å². The number of hydrogen-bond acceptors (Lipinski definition) is 4. The van der Waals surface area contributed by atoms with Crippen molar-refractivity contribution in [1.29, 1.82) is 0 Å². The van der Waals surface area contributed by atoms with Crippen molar-refractivity contribution in [2.24, 2.45) is 5.92 Å². The number of likely N-dealkylation sites (tertiary alicyclic amines) is 1. The van der Waals surface area contributed by atoms with Gasteiger partial charge < -0.3 is 5.32 Å². The van der Waals surface area contributed by atoms with Crippen LogP contribution < -0.4 is 5.32 Å². The van der Waals surface area contributed by atoms with Gasteiger partial charge in [0.25, 0.3) is 0 Å². The summed E-state index contributed by atoms with van der Waals surface area (Å²) in [6.07, 6.45) is 8.84. The zero-order valence-corrected chi connectivity index (χ0v) is 20.1. The quantitative estimate of drug-likeness (QED) is 0.370. The van der Waals surface area contributed by atoms with Crippen molar-refractivity contribution in [2.75, 3.05) is 18.4 Å². The Morgan fingerprint density at radius 2 is 1.91 bits per heavy atom. The van der Waals surface area contributed by atoms with Crippen molar-refractivity contribution in [3.05, 3.63) is 83.2 Å². The van der Waals surface area contributed by atoms with E-state index in [9.17, 15) is 0 Å². The summed E-state index contributed by atoms with van der Waals surface area (Å²) in [7, 11) is 0. The molecule has 0 radical (unpaired) electrons. The van der Waals surface area contributed by atoms with Crippen LogP contribution >= 0.6 is 0 Å². The second-order valence-electron chi connectivity index (χ2n) is 10.1. The highest BCUT2D eigenvalue weighted by molar-refractivity contribution is 5.91. The molecule has 4 aromatic rings. The summed E-state index contributed by atoms with van der Waals surface area (Å²) >= 11 is 0. The van der Waals surface area contributed by atoms with E-state index in [1.54, 1.807) is 0 Å². The number of benzene rings is 2. The highest BCUT2D eigenvalue weighted by Crippen LogP contribution is 2.37. The van der Waals surface area contributed by atoms with E-state index in [1.165, 1.54) is 72.2 Å². The lowest BCUT2D eigenvalue weighted by Crippen LogP contribution is -2.19. The van der Waals surface area contributed by atoms with E-state index < -0.39 is 0 Å². The summed E-state index contributed by atoms with van der Waals surface area (Å²) < 4.78 is 0. The second kappa shape index (κ2) is 8.84. The zero-order valence-electron chi connectivity index (χ0n) is 20.1. The molecule has 1 atom stereocenters. The summed E-state index contributed by atoms with van der Waals surface area (Å²) in [5, 5.41) is 4.74. The van der Waals surface area contributed by atoms with E-state index in [0.717, 1.165) is 34.9 Å². The van der Waals surface area contributed by atoms with Gasteiger partial charge in [0, 0.05) is 36.6 Å². The fourth-order valence-electron chi connectivity index (χ4n) is 5.77. The van der Waals surface area contributed by atoms with Crippen molar-refractivity contribution in [1.82, 2.24) is 14.9 Å². The smallest absolute Gasteiger partial charge is 0.156 e. The van der Waals surface area contributed by atoms with Crippen LogP contribution in [-0.4, -0.2) is 28.0 Å². The molecule has 1 aliphatic carbocycles. The van der Waals surface area contributed by atoms with E-state index in [2.05, 4.69) is 77.6 Å². The number of fused-ring (bicyclic) bond motifs is 2. The first-order chi connectivity index (χ1) is 16.7. The zero-order chi connectivity index (χ0) is 23.1. The standard InChI is InChI=1S/C30H32N4/c1-20-13-15-34(18-20)19-22-16-24-12-14-31-30(29(24)32-17-22)33-28-11-5-8-25(21(28)2)27-10-4-7-23-6-3-9-26(23)27/h4-5,7-8,10-12,14,16-17,20H,3,6,9,13,15,18-19H2,1-2H3,(H,31,33)/t20-/m1/s1. The Kier molecular flexibility index (Phi) is 5.54. The van der Waals surface area contributed by atoms with Crippen LogP contribution in [0.2, 0.25) is 0 Å². The largest absolute Gasteiger partial charge is 0.338 e. The minimum atomic E-state index is 0.796. The van der Waals surface area contributed by atoms with Crippen LogP contribution in [-0.2, 0) is 19.4 Å². The molecule has 2 aromatic carbocycles. The lowest BCUT2D eigenvalue weighted by Gasteiger charge is -2.17. The maximum atomic E-state index is 4.84. The van der Waals surface area contributed by atoms with Gasteiger partial charge in [0.05, 0.1) is 0 Å². The van der Waals surface area contributed by atoms with Gasteiger partial charge in [-0.25, -0.2) is 4.98 Å². The molecule has 0 amide bonds. The monoisotopic (exact) mass is 448 g/mol. The van der Waals surface area contributed by atoms with E-state index in [1.807, 2.05) is 12.4 Å². The van der Waals surface area contributed by atoms with Crippen LogP contribution in [0, 0.1) is 12.8 Å². The number of aromatic nitrogens is 2. The maximum absolute atomic E-state index is 4.84. The Balaban J connectivity index is 1.31. The molecule has 4 nitrogen and oxygen atoms in total. The van der Waals surface area contributed by atoms with Crippen molar-refractivity contribution in [3.63, 3.8) is 0 Å². The fraction of sp³-hybridized carbons (Fsp3) is 0.333. The highest BCUT2D eigenvalue weighted by atomic mass is 15.1. The molecule has 3 heterocycles. The molecule has 172 valence electrons. The van der Waals surface area contributed by atoms with Gasteiger partial charge in [-0.3, -0.25) is 9.88 Å². The molecule has 34 heavy (non-hydrogen) atoms. The molecule has 2 aromatic heterocycles. The first kappa shape index (κ1) is 21.3. The van der Waals surface area contributed by atoms with E-state index in [0.29, 0.717) is 0 Å². The first-order valence-corrected chi connectivity index (χ1v) is 12.6. The predicted molar refractivity (Wildman–Crippen MR) is 141 cm³/mol. The minimum absolute atomic E-state index is 0.796. The van der Waals surface area contributed by atoms with Crippen molar-refractivity contribution >= 4 is 22.4 Å². The third-order valence-electron chi connectivity index (χ3n) is 7.59. The van der Waals surface area contributed by atoms with E-state index in [-0.39, 0.29) is 0 Å². The Morgan fingerprint density at radius 1 is 1.03 bits per heavy atom. The van der Waals surface area contributed by atoms with Gasteiger partial charge in [0.15, 0.2) is 5.82 Å². The first-order valence-electron chi connectivity index (χ1n) is 12.6. The SMILES string of the molecule is Cc1c(Nc2nccc3cc(CN4CC[C@@H](C)C4)cnc23)cccc1-c1cccc2c1CCC2. The van der Waals surface area contributed by atoms with Crippen LogP contribution in [0.15, 0.2) is 60.9 Å². The van der Waals surface area contributed by atoms with Gasteiger partial charge in [-0.05, 0) is 96.6 Å². The van der Waals surface area contributed by atoms with Crippen LogP contribution in [0.5, 0.6) is 0 Å². The fourth-order valence-corrected chi connectivity index (χ4v) is 5.77. The lowest BCUT2D eigenvalue weighted by molar-refractivity contribution is 0.320. The molecular formula is C30H32N4. The van der Waals surface area contributed by atoms with Crippen LogP contribution in [0.4, 0.5) is 11.5 Å². The Morgan fingerprint density at radius 3 is 2.79 bits per heavy atom. The number of aryl methyl sites for hydroxylation is 1. The summed E-state index contributed by atoms with van der Waals surface area (Å²) in [5.41, 5.74) is 10.2. The maximum Gasteiger partial charge on any atom is 0.156 e. The third-order valence-corrected chi connectivity index (χ3v) is 7.59. The van der Waals surface area contributed by atoms with Gasteiger partial charge in [0.1, 0.15) is 5.52 Å². The molecular weight excluding hydrogens is 416 g/mol. The molecule has 0 unspecified atom stereocenters. The summed E-state index contributed by atoms with van der Waals surface area (Å²) in [6, 6.07) is 17.6. The van der Waals surface area contributed by atoms with Crippen LogP contribution in [0.3, 0.4) is 0 Å². The molecule has 1 fully saturated rings. The Bertz CT molecular complexity index is 1360. The number of pyridine rings is 2. The molecule has 0 bridgehead atoms. The molecule has 1 saturated heterocycles. The average Bonchev–Trinajstić information content (AvgIpc) is 3.49. The van der Waals surface area contributed by atoms with Crippen LogP contribution in [0.25, 0.3) is 22.0 Å². The molecule has 2 aliphatic rings.